The molecule has 1 saturated carbocycles. The molecule has 4 rings (SSSR count). The number of hydrogen-bond acceptors (Lipinski definition) is 3. The zero-order valence-corrected chi connectivity index (χ0v) is 18.0. The number of nitrogens with one attached hydrogen (secondary N) is 3. The fourth-order valence-electron chi connectivity index (χ4n) is 5.44. The summed E-state index contributed by atoms with van der Waals surface area (Å²) in [6, 6.07) is 5.93. The third-order valence-corrected chi connectivity index (χ3v) is 6.71. The molecule has 2 aromatic rings. The molecule has 0 spiro atoms. The van der Waals surface area contributed by atoms with Gasteiger partial charge in [0, 0.05) is 34.7 Å². The van der Waals surface area contributed by atoms with Gasteiger partial charge >= 0.3 is 5.97 Å². The monoisotopic (exact) mass is 418 g/mol. The summed E-state index contributed by atoms with van der Waals surface area (Å²) < 4.78 is 4.87. The van der Waals surface area contributed by atoms with Crippen LogP contribution in [0.3, 0.4) is 0 Å². The van der Waals surface area contributed by atoms with Crippen LogP contribution in [0.1, 0.15) is 50.0 Å². The van der Waals surface area contributed by atoms with Crippen LogP contribution < -0.4 is 10.2 Å². The normalized spacial score (nSPS) is 25.2. The highest BCUT2D eigenvalue weighted by molar-refractivity contribution is 6.31. The first-order valence-corrected chi connectivity index (χ1v) is 10.7. The molecule has 0 radical (unpaired) electrons. The van der Waals surface area contributed by atoms with E-state index >= 15 is 0 Å². The van der Waals surface area contributed by atoms with E-state index in [4.69, 9.17) is 16.3 Å². The number of aromatic amines is 1. The van der Waals surface area contributed by atoms with Crippen molar-refractivity contribution in [1.29, 1.82) is 0 Å². The first kappa shape index (κ1) is 20.2. The van der Waals surface area contributed by atoms with Crippen LogP contribution in [0.2, 0.25) is 5.02 Å². The smallest absolute Gasteiger partial charge is 0.356 e. The number of carbonyl (C=O) groups is 2. The number of fused-ring (bicyclic) bond motifs is 3. The van der Waals surface area contributed by atoms with Gasteiger partial charge in [-0.15, -0.1) is 0 Å². The van der Waals surface area contributed by atoms with E-state index in [0.717, 1.165) is 24.5 Å². The second kappa shape index (κ2) is 7.65. The van der Waals surface area contributed by atoms with Crippen LogP contribution >= 0.6 is 11.6 Å². The molecule has 1 saturated heterocycles. The highest BCUT2D eigenvalue weighted by atomic mass is 35.5. The summed E-state index contributed by atoms with van der Waals surface area (Å²) in [7, 11) is 1.32. The van der Waals surface area contributed by atoms with E-state index in [1.54, 1.807) is 23.1 Å². The molecule has 29 heavy (non-hydrogen) atoms. The SMILES string of the molecule is COC(=O)c1[nH]c2ccc(Cl)cc2c1NC(=O)CC[NH+]1C[C@H]2C[C@@H]1CC(C)(C)C2. The standard InChI is InChI=1S/C22H28ClN3O3/c1-22(2)10-13-8-15(11-22)26(12-13)7-6-18(27)25-19-16-9-14(23)4-5-17(16)24-20(19)21(28)29-3/h4-5,9,13,15,24H,6-8,10-12H2,1-3H3,(H,25,27)/p+1/t13-,15+/m0/s1. The molecular weight excluding hydrogens is 390 g/mol. The van der Waals surface area contributed by atoms with E-state index in [-0.39, 0.29) is 11.6 Å². The average molecular weight is 419 g/mol. The lowest BCUT2D eigenvalue weighted by Gasteiger charge is -2.32. The van der Waals surface area contributed by atoms with Gasteiger partial charge in [0.2, 0.25) is 5.91 Å². The number of hydrogen-bond donors (Lipinski definition) is 3. The summed E-state index contributed by atoms with van der Waals surface area (Å²) >= 11 is 6.13. The third-order valence-electron chi connectivity index (χ3n) is 6.47. The van der Waals surface area contributed by atoms with Gasteiger partial charge < -0.3 is 19.9 Å². The van der Waals surface area contributed by atoms with Gasteiger partial charge in [-0.25, -0.2) is 4.79 Å². The third kappa shape index (κ3) is 4.14. The number of amides is 1. The Hall–Kier alpha value is -2.05. The van der Waals surface area contributed by atoms with E-state index in [1.807, 2.05) is 0 Å². The first-order valence-electron chi connectivity index (χ1n) is 10.3. The van der Waals surface area contributed by atoms with Crippen LogP contribution in [0, 0.1) is 11.3 Å². The Morgan fingerprint density at radius 1 is 1.34 bits per heavy atom. The molecule has 7 heteroatoms. The molecular formula is C22H29ClN3O3+. The summed E-state index contributed by atoms with van der Waals surface area (Å²) in [5, 5.41) is 4.18. The number of methoxy groups -OCH3 is 1. The van der Waals surface area contributed by atoms with Gasteiger partial charge in [0.05, 0.1) is 38.3 Å². The number of halogens is 1. The molecule has 1 aliphatic carbocycles. The number of ether oxygens (including phenoxy) is 1. The van der Waals surface area contributed by atoms with Gasteiger partial charge in [0.25, 0.3) is 0 Å². The first-order chi connectivity index (χ1) is 13.8. The minimum atomic E-state index is -0.520. The fourth-order valence-corrected chi connectivity index (χ4v) is 5.61. The number of rotatable bonds is 5. The van der Waals surface area contributed by atoms with Crippen molar-refractivity contribution >= 4 is 40.1 Å². The number of H-pyrrole nitrogens is 1. The Kier molecular flexibility index (Phi) is 5.34. The van der Waals surface area contributed by atoms with Crippen molar-refractivity contribution in [2.24, 2.45) is 11.3 Å². The molecule has 2 fully saturated rings. The second-order valence-electron chi connectivity index (χ2n) is 9.34. The van der Waals surface area contributed by atoms with Gasteiger partial charge in [-0.2, -0.15) is 0 Å². The second-order valence-corrected chi connectivity index (χ2v) is 9.77. The summed E-state index contributed by atoms with van der Waals surface area (Å²) in [5.41, 5.74) is 1.82. The highest BCUT2D eigenvalue weighted by Gasteiger charge is 2.45. The summed E-state index contributed by atoms with van der Waals surface area (Å²) in [5.74, 6) is 0.168. The van der Waals surface area contributed by atoms with E-state index in [2.05, 4.69) is 24.1 Å². The highest BCUT2D eigenvalue weighted by Crippen LogP contribution is 2.39. The van der Waals surface area contributed by atoms with Gasteiger partial charge in [-0.1, -0.05) is 25.4 Å². The molecule has 2 heterocycles. The Labute approximate surface area is 175 Å². The fraction of sp³-hybridized carbons (Fsp3) is 0.545. The Morgan fingerprint density at radius 2 is 2.14 bits per heavy atom. The number of aromatic nitrogens is 1. The van der Waals surface area contributed by atoms with Gasteiger partial charge in [-0.3, -0.25) is 4.79 Å². The topological polar surface area (TPSA) is 75.6 Å². The van der Waals surface area contributed by atoms with Crippen molar-refractivity contribution < 1.29 is 19.2 Å². The number of quaternary nitrogens is 1. The Bertz CT molecular complexity index is 952. The number of benzene rings is 1. The van der Waals surface area contributed by atoms with E-state index < -0.39 is 5.97 Å². The maximum Gasteiger partial charge on any atom is 0.356 e. The zero-order valence-electron chi connectivity index (χ0n) is 17.2. The largest absolute Gasteiger partial charge is 0.464 e. The van der Waals surface area contributed by atoms with Crippen LogP contribution in [0.5, 0.6) is 0 Å². The van der Waals surface area contributed by atoms with Crippen LogP contribution in [0.15, 0.2) is 18.2 Å². The molecule has 1 aromatic heterocycles. The molecule has 156 valence electrons. The van der Waals surface area contributed by atoms with Crippen LogP contribution in [0.4, 0.5) is 5.69 Å². The maximum absolute atomic E-state index is 12.8. The number of carbonyl (C=O) groups excluding carboxylic acids is 2. The van der Waals surface area contributed by atoms with E-state index in [9.17, 15) is 9.59 Å². The van der Waals surface area contributed by atoms with Crippen LogP contribution in [-0.4, -0.2) is 43.1 Å². The van der Waals surface area contributed by atoms with Gasteiger partial charge in [0.15, 0.2) is 0 Å². The lowest BCUT2D eigenvalue weighted by molar-refractivity contribution is -0.912. The number of esters is 1. The molecule has 3 atom stereocenters. The Balaban J connectivity index is 1.47. The molecule has 1 unspecified atom stereocenters. The minimum absolute atomic E-state index is 0.0933. The van der Waals surface area contributed by atoms with Crippen LogP contribution in [-0.2, 0) is 9.53 Å². The average Bonchev–Trinajstić information content (AvgIpc) is 3.15. The molecule has 1 amide bonds. The molecule has 6 nitrogen and oxygen atoms in total. The van der Waals surface area contributed by atoms with E-state index in [1.165, 1.54) is 26.4 Å². The van der Waals surface area contributed by atoms with Crippen LogP contribution in [0.25, 0.3) is 10.9 Å². The quantitative estimate of drug-likeness (QED) is 0.653. The molecule has 1 aliphatic heterocycles. The predicted molar refractivity (Wildman–Crippen MR) is 114 cm³/mol. The summed E-state index contributed by atoms with van der Waals surface area (Å²) in [6.07, 6.45) is 4.23. The maximum atomic E-state index is 12.8. The van der Waals surface area contributed by atoms with Gasteiger partial charge in [0.1, 0.15) is 5.69 Å². The molecule has 2 bridgehead atoms. The van der Waals surface area contributed by atoms with E-state index in [0.29, 0.717) is 34.0 Å². The predicted octanol–water partition coefficient (Wildman–Crippen LogP) is 3.03. The summed E-state index contributed by atoms with van der Waals surface area (Å²) in [4.78, 5) is 29.5. The molecule has 3 N–H and O–H groups in total. The Morgan fingerprint density at radius 3 is 2.90 bits per heavy atom. The number of anilines is 1. The van der Waals surface area contributed by atoms with Crippen molar-refractivity contribution in [2.75, 3.05) is 25.5 Å². The summed E-state index contributed by atoms with van der Waals surface area (Å²) in [6.45, 7) is 6.70. The molecule has 2 aliphatic rings. The molecule has 1 aromatic carbocycles. The van der Waals surface area contributed by atoms with Crippen molar-refractivity contribution in [3.63, 3.8) is 0 Å². The van der Waals surface area contributed by atoms with Crippen molar-refractivity contribution in [3.8, 4) is 0 Å². The van der Waals surface area contributed by atoms with Crippen molar-refractivity contribution in [1.82, 2.24) is 4.98 Å². The van der Waals surface area contributed by atoms with Crippen molar-refractivity contribution in [2.45, 2.75) is 45.6 Å². The minimum Gasteiger partial charge on any atom is -0.464 e. The lowest BCUT2D eigenvalue weighted by Crippen LogP contribution is -3.13. The van der Waals surface area contributed by atoms with Gasteiger partial charge in [-0.05, 0) is 30.0 Å². The lowest BCUT2D eigenvalue weighted by atomic mass is 9.72. The zero-order chi connectivity index (χ0) is 20.8. The number of likely N-dealkylation sites (tertiary alicyclic amines) is 1. The van der Waals surface area contributed by atoms with Crippen molar-refractivity contribution in [3.05, 3.63) is 28.9 Å².